The normalized spacial score (nSPS) is 16.7. The van der Waals surface area contributed by atoms with E-state index in [2.05, 4.69) is 15.5 Å². The Balaban J connectivity index is 1.58. The monoisotopic (exact) mass is 469 g/mol. The number of amides is 1. The van der Waals surface area contributed by atoms with E-state index in [1.165, 1.54) is 21.0 Å². The Morgan fingerprint density at radius 1 is 1.32 bits per heavy atom. The van der Waals surface area contributed by atoms with Crippen LogP contribution in [0.5, 0.6) is 0 Å². The minimum absolute atomic E-state index is 0.0189. The molecule has 2 N–H and O–H groups in total. The van der Waals surface area contributed by atoms with Crippen molar-refractivity contribution in [2.75, 3.05) is 30.8 Å². The number of thioether (sulfide) groups is 1. The quantitative estimate of drug-likeness (QED) is 0.505. The molecule has 0 bridgehead atoms. The third-order valence-electron chi connectivity index (χ3n) is 4.95. The van der Waals surface area contributed by atoms with Crippen LogP contribution in [0.2, 0.25) is 0 Å². The summed E-state index contributed by atoms with van der Waals surface area (Å²) in [4.78, 5) is 24.5. The first-order valence-corrected chi connectivity index (χ1v) is 12.6. The van der Waals surface area contributed by atoms with Crippen LogP contribution < -0.4 is 11.0 Å². The maximum Gasteiger partial charge on any atom is 0.344 e. The zero-order valence-electron chi connectivity index (χ0n) is 17.5. The van der Waals surface area contributed by atoms with Crippen LogP contribution in [0.4, 0.5) is 5.69 Å². The maximum atomic E-state index is 12.5. The van der Waals surface area contributed by atoms with Crippen molar-refractivity contribution < 1.29 is 17.9 Å². The van der Waals surface area contributed by atoms with Crippen molar-refractivity contribution in [3.05, 3.63) is 34.7 Å². The molecule has 1 aliphatic heterocycles. The van der Waals surface area contributed by atoms with Crippen LogP contribution in [0, 0.1) is 0 Å². The van der Waals surface area contributed by atoms with Gasteiger partial charge in [0.2, 0.25) is 15.9 Å². The molecule has 1 fully saturated rings. The van der Waals surface area contributed by atoms with E-state index in [0.29, 0.717) is 37.1 Å². The summed E-state index contributed by atoms with van der Waals surface area (Å²) in [6, 6.07) is 6.06. The summed E-state index contributed by atoms with van der Waals surface area (Å²) in [5, 5.41) is 9.56. The maximum absolute atomic E-state index is 12.5. The molecule has 1 unspecified atom stereocenters. The molecule has 1 aliphatic rings. The minimum Gasteiger partial charge on any atom is -0.376 e. The van der Waals surface area contributed by atoms with E-state index in [1.54, 1.807) is 26.0 Å². The van der Waals surface area contributed by atoms with E-state index in [9.17, 15) is 18.0 Å². The van der Waals surface area contributed by atoms with Crippen LogP contribution in [0.15, 0.2) is 39.1 Å². The second-order valence-electron chi connectivity index (χ2n) is 7.01. The van der Waals surface area contributed by atoms with Gasteiger partial charge >= 0.3 is 5.69 Å². The fourth-order valence-corrected chi connectivity index (χ4v) is 5.53. The lowest BCUT2D eigenvalue weighted by atomic mass is 10.2. The molecule has 170 valence electrons. The van der Waals surface area contributed by atoms with Crippen molar-refractivity contribution >= 4 is 33.4 Å². The lowest BCUT2D eigenvalue weighted by molar-refractivity contribution is -0.113. The Bertz CT molecular complexity index is 1040. The minimum atomic E-state index is -3.54. The average molecular weight is 470 g/mol. The van der Waals surface area contributed by atoms with Gasteiger partial charge in [0.15, 0.2) is 5.16 Å². The Morgan fingerprint density at radius 2 is 2.03 bits per heavy atom. The summed E-state index contributed by atoms with van der Waals surface area (Å²) in [6.07, 6.45) is 1.84. The lowest BCUT2D eigenvalue weighted by Gasteiger charge is -2.18. The van der Waals surface area contributed by atoms with Crippen LogP contribution in [0.25, 0.3) is 0 Å². The molecule has 0 saturated carbocycles. The molecule has 3 rings (SSSR count). The number of rotatable bonds is 10. The smallest absolute Gasteiger partial charge is 0.344 e. The van der Waals surface area contributed by atoms with Gasteiger partial charge in [-0.25, -0.2) is 18.3 Å². The number of nitrogens with one attached hydrogen (secondary N) is 2. The first-order chi connectivity index (χ1) is 14.8. The van der Waals surface area contributed by atoms with Gasteiger partial charge in [0, 0.05) is 25.4 Å². The number of sulfonamides is 1. The van der Waals surface area contributed by atoms with Crippen LogP contribution in [0.1, 0.15) is 26.7 Å². The fraction of sp³-hybridized carbons (Fsp3) is 0.526. The zero-order valence-corrected chi connectivity index (χ0v) is 19.2. The van der Waals surface area contributed by atoms with Crippen LogP contribution in [-0.2, 0) is 26.1 Å². The SMILES string of the molecule is CCN(CC)S(=O)(=O)c1ccc(NC(=O)CSc2n[nH]c(=O)n2CC2CCCO2)cc1. The molecule has 1 amide bonds. The molecule has 1 saturated heterocycles. The van der Waals surface area contributed by atoms with Crippen molar-refractivity contribution in [2.24, 2.45) is 0 Å². The highest BCUT2D eigenvalue weighted by molar-refractivity contribution is 7.99. The number of anilines is 1. The van der Waals surface area contributed by atoms with Gasteiger partial charge in [0.05, 0.1) is 23.3 Å². The van der Waals surface area contributed by atoms with Crippen LogP contribution in [0.3, 0.4) is 0 Å². The largest absolute Gasteiger partial charge is 0.376 e. The molecule has 1 aromatic carbocycles. The van der Waals surface area contributed by atoms with Crippen molar-refractivity contribution in [3.8, 4) is 0 Å². The number of aromatic amines is 1. The first kappa shape index (κ1) is 23.5. The highest BCUT2D eigenvalue weighted by atomic mass is 32.2. The third kappa shape index (κ3) is 5.76. The highest BCUT2D eigenvalue weighted by Gasteiger charge is 2.22. The van der Waals surface area contributed by atoms with Gasteiger partial charge in [-0.15, -0.1) is 5.10 Å². The number of ether oxygens (including phenoxy) is 1. The Hall–Kier alpha value is -2.15. The van der Waals surface area contributed by atoms with Gasteiger partial charge in [-0.1, -0.05) is 25.6 Å². The van der Waals surface area contributed by atoms with Crippen molar-refractivity contribution in [2.45, 2.75) is 49.4 Å². The number of hydrogen-bond acceptors (Lipinski definition) is 7. The van der Waals surface area contributed by atoms with Crippen molar-refractivity contribution in [1.29, 1.82) is 0 Å². The summed E-state index contributed by atoms with van der Waals surface area (Å²) < 4.78 is 33.5. The van der Waals surface area contributed by atoms with E-state index in [-0.39, 0.29) is 28.3 Å². The molecule has 12 heteroatoms. The number of carbonyl (C=O) groups excluding carboxylic acids is 1. The topological polar surface area (TPSA) is 126 Å². The third-order valence-corrected chi connectivity index (χ3v) is 7.99. The van der Waals surface area contributed by atoms with Gasteiger partial charge in [-0.3, -0.25) is 9.36 Å². The average Bonchev–Trinajstić information content (AvgIpc) is 3.38. The number of carbonyl (C=O) groups is 1. The number of hydrogen-bond donors (Lipinski definition) is 2. The molecule has 1 atom stereocenters. The van der Waals surface area contributed by atoms with Gasteiger partial charge in [0.25, 0.3) is 0 Å². The van der Waals surface area contributed by atoms with Gasteiger partial charge in [0.1, 0.15) is 0 Å². The van der Waals surface area contributed by atoms with Crippen molar-refractivity contribution in [1.82, 2.24) is 19.1 Å². The number of aromatic nitrogens is 3. The molecule has 1 aromatic heterocycles. The van der Waals surface area contributed by atoms with E-state index in [1.807, 2.05) is 0 Å². The van der Waals surface area contributed by atoms with Gasteiger partial charge in [-0.05, 0) is 37.1 Å². The highest BCUT2D eigenvalue weighted by Crippen LogP contribution is 2.20. The predicted octanol–water partition coefficient (Wildman–Crippen LogP) is 1.51. The summed E-state index contributed by atoms with van der Waals surface area (Å²) in [7, 11) is -3.54. The molecular formula is C19H27N5O5S2. The van der Waals surface area contributed by atoms with Gasteiger partial charge < -0.3 is 10.1 Å². The Morgan fingerprint density at radius 3 is 2.65 bits per heavy atom. The van der Waals surface area contributed by atoms with Crippen molar-refractivity contribution in [3.63, 3.8) is 0 Å². The number of H-pyrrole nitrogens is 1. The molecule has 0 spiro atoms. The summed E-state index contributed by atoms with van der Waals surface area (Å²) in [6.45, 7) is 5.44. The first-order valence-electron chi connectivity index (χ1n) is 10.1. The van der Waals surface area contributed by atoms with E-state index in [4.69, 9.17) is 4.74 Å². The molecule has 0 aliphatic carbocycles. The zero-order chi connectivity index (χ0) is 22.4. The summed E-state index contributed by atoms with van der Waals surface area (Å²) in [5.41, 5.74) is 0.159. The lowest BCUT2D eigenvalue weighted by Crippen LogP contribution is -2.30. The van der Waals surface area contributed by atoms with E-state index < -0.39 is 10.0 Å². The second-order valence-corrected chi connectivity index (χ2v) is 9.89. The second kappa shape index (κ2) is 10.4. The summed E-state index contributed by atoms with van der Waals surface area (Å²) in [5.74, 6) is -0.238. The Labute approximate surface area is 185 Å². The predicted molar refractivity (Wildman–Crippen MR) is 118 cm³/mol. The van der Waals surface area contributed by atoms with Crippen LogP contribution >= 0.6 is 11.8 Å². The molecule has 0 radical (unpaired) electrons. The number of benzene rings is 1. The molecule has 2 heterocycles. The standard InChI is InChI=1S/C19H27N5O5S2/c1-3-23(4-2)31(27,28)16-9-7-14(8-10-16)20-17(25)13-30-19-22-21-18(26)24(19)12-15-6-5-11-29-15/h7-10,15H,3-6,11-13H2,1-2H3,(H,20,25)(H,21,26). The molecule has 31 heavy (non-hydrogen) atoms. The summed E-state index contributed by atoms with van der Waals surface area (Å²) >= 11 is 1.15. The fourth-order valence-electron chi connectivity index (χ4n) is 3.32. The van der Waals surface area contributed by atoms with E-state index in [0.717, 1.165) is 24.6 Å². The van der Waals surface area contributed by atoms with Crippen LogP contribution in [-0.4, -0.2) is 64.9 Å². The molecule has 2 aromatic rings. The number of nitrogens with zero attached hydrogens (tertiary/aromatic N) is 3. The molecule has 10 nitrogen and oxygen atoms in total. The van der Waals surface area contributed by atoms with E-state index >= 15 is 0 Å². The Kier molecular flexibility index (Phi) is 7.92. The van der Waals surface area contributed by atoms with Gasteiger partial charge in [-0.2, -0.15) is 4.31 Å². The molecular weight excluding hydrogens is 442 g/mol.